The van der Waals surface area contributed by atoms with E-state index in [4.69, 9.17) is 0 Å². The first-order valence-electron chi connectivity index (χ1n) is 6.42. The van der Waals surface area contributed by atoms with Crippen LogP contribution in [0.5, 0.6) is 0 Å². The average molecular weight is 362 g/mol. The van der Waals surface area contributed by atoms with E-state index < -0.39 is 26.4 Å². The van der Waals surface area contributed by atoms with Gasteiger partial charge in [0.2, 0.25) is 0 Å². The molecule has 4 nitrogen and oxygen atoms in total. The van der Waals surface area contributed by atoms with Crippen molar-refractivity contribution >= 4 is 16.1 Å². The van der Waals surface area contributed by atoms with Crippen LogP contribution in [0, 0.1) is 0 Å². The molecular weight excluding hydrogens is 335 g/mol. The maximum absolute atomic E-state index is 10.5. The summed E-state index contributed by atoms with van der Waals surface area (Å²) >= 11 is 0. The second-order valence-corrected chi connectivity index (χ2v) is 8.11. The van der Waals surface area contributed by atoms with Crippen molar-refractivity contribution in [3.05, 3.63) is 0 Å². The molecule has 0 amide bonds. The maximum Gasteiger partial charge on any atom is 2.00 e. The van der Waals surface area contributed by atoms with Gasteiger partial charge in [0.1, 0.15) is 0 Å². The molecule has 0 heterocycles. The van der Waals surface area contributed by atoms with Crippen molar-refractivity contribution in [3.63, 3.8) is 0 Å². The summed E-state index contributed by atoms with van der Waals surface area (Å²) in [6.07, 6.45) is 2.84. The molecule has 2 atom stereocenters. The van der Waals surface area contributed by atoms with Crippen LogP contribution in [0.4, 0.5) is 0 Å². The molecule has 0 saturated heterocycles. The van der Waals surface area contributed by atoms with E-state index in [1.54, 1.807) is 13.8 Å². The molecule has 0 aliphatic rings. The molecule has 0 N–H and O–H groups in total. The molecule has 2 unspecified atom stereocenters. The summed E-state index contributed by atoms with van der Waals surface area (Å²) in [5.74, 6) is 0. The molecule has 0 aromatic carbocycles. The molecule has 0 aliphatic heterocycles. The smallest absolute Gasteiger partial charge is 0.595 e. The molecule has 0 aliphatic carbocycles. The van der Waals surface area contributed by atoms with Crippen LogP contribution in [0.1, 0.15) is 67.2 Å². The maximum atomic E-state index is 10.5. The van der Waals surface area contributed by atoms with Crippen LogP contribution in [0.3, 0.4) is 0 Å². The Morgan fingerprint density at radius 3 is 0.895 bits per heavy atom. The first-order chi connectivity index (χ1) is 8.13. The Kier molecular flexibility index (Phi) is 14.9. The van der Waals surface area contributed by atoms with Crippen molar-refractivity contribution in [3.8, 4) is 0 Å². The molecule has 108 valence electrons. The second kappa shape index (κ2) is 11.4. The van der Waals surface area contributed by atoms with E-state index in [9.17, 15) is 18.9 Å². The van der Waals surface area contributed by atoms with Gasteiger partial charge in [-0.25, -0.2) is 0 Å². The SMILES string of the molecule is CCC(C)(CC)[P+](=O)[O-].CCC(C)(CC)[P+](=O)[O-].[Zn+2]. The first kappa shape index (κ1) is 24.7. The number of hydrogen-bond donors (Lipinski definition) is 0. The van der Waals surface area contributed by atoms with E-state index in [-0.39, 0.29) is 19.5 Å². The Hall–Kier alpha value is 0.743. The molecule has 0 spiro atoms. The third kappa shape index (κ3) is 8.58. The molecular formula is C12H26O4P2Zn+2. The van der Waals surface area contributed by atoms with Crippen LogP contribution in [0.25, 0.3) is 0 Å². The van der Waals surface area contributed by atoms with Crippen LogP contribution < -0.4 is 9.79 Å². The summed E-state index contributed by atoms with van der Waals surface area (Å²) in [7, 11) is -4.49. The van der Waals surface area contributed by atoms with E-state index in [0.717, 1.165) is 0 Å². The van der Waals surface area contributed by atoms with Crippen molar-refractivity contribution in [2.24, 2.45) is 0 Å². The summed E-state index contributed by atoms with van der Waals surface area (Å²) < 4.78 is 21.0. The van der Waals surface area contributed by atoms with E-state index in [0.29, 0.717) is 25.7 Å². The largest absolute Gasteiger partial charge is 2.00 e. The van der Waals surface area contributed by atoms with Crippen molar-refractivity contribution < 1.29 is 38.4 Å². The van der Waals surface area contributed by atoms with Crippen LogP contribution in [-0.4, -0.2) is 10.3 Å². The zero-order chi connectivity index (χ0) is 15.0. The fraction of sp³-hybridized carbons (Fsp3) is 1.00. The predicted octanol–water partition coefficient (Wildman–Crippen LogP) is 3.33. The Labute approximate surface area is 132 Å². The summed E-state index contributed by atoms with van der Waals surface area (Å²) in [4.78, 5) is 21.0. The second-order valence-electron chi connectivity index (χ2n) is 4.92. The van der Waals surface area contributed by atoms with Gasteiger partial charge in [-0.2, -0.15) is 0 Å². The predicted molar refractivity (Wildman–Crippen MR) is 73.2 cm³/mol. The Morgan fingerprint density at radius 2 is 0.895 bits per heavy atom. The minimum Gasteiger partial charge on any atom is -0.595 e. The van der Waals surface area contributed by atoms with Crippen molar-refractivity contribution in [2.75, 3.05) is 0 Å². The van der Waals surface area contributed by atoms with Gasteiger partial charge in [-0.1, -0.05) is 36.8 Å². The quantitative estimate of drug-likeness (QED) is 0.537. The third-order valence-electron chi connectivity index (χ3n) is 3.93. The zero-order valence-corrected chi connectivity index (χ0v) is 17.8. The summed E-state index contributed by atoms with van der Waals surface area (Å²) in [5, 5.41) is -0.926. The van der Waals surface area contributed by atoms with Crippen LogP contribution in [-0.2, 0) is 28.6 Å². The van der Waals surface area contributed by atoms with Gasteiger partial charge in [0.15, 0.2) is 10.3 Å². The topological polar surface area (TPSA) is 80.3 Å². The minimum atomic E-state index is -2.25. The Bertz CT molecular complexity index is 249. The molecule has 0 aromatic rings. The van der Waals surface area contributed by atoms with Crippen LogP contribution in [0.2, 0.25) is 0 Å². The van der Waals surface area contributed by atoms with Gasteiger partial charge < -0.3 is 9.79 Å². The number of hydrogen-bond acceptors (Lipinski definition) is 4. The van der Waals surface area contributed by atoms with Crippen LogP contribution in [0.15, 0.2) is 0 Å². The molecule has 19 heavy (non-hydrogen) atoms. The fourth-order valence-corrected chi connectivity index (χ4v) is 2.05. The molecule has 0 aromatic heterocycles. The molecule has 0 radical (unpaired) electrons. The van der Waals surface area contributed by atoms with Crippen molar-refractivity contribution in [2.45, 2.75) is 77.5 Å². The average Bonchev–Trinajstić information content (AvgIpc) is 2.36. The monoisotopic (exact) mass is 360 g/mol. The van der Waals surface area contributed by atoms with Gasteiger partial charge in [-0.3, -0.25) is 0 Å². The van der Waals surface area contributed by atoms with Gasteiger partial charge in [-0.15, -0.1) is 0 Å². The first-order valence-corrected chi connectivity index (χ1v) is 8.78. The standard InChI is InChI=1S/2C6H13O2P.Zn/c2*1-4-6(3,5-2)9(7)8;/h2*4-5H2,1-3H3;/q;;+2. The normalized spacial score (nSPS) is 12.8. The van der Waals surface area contributed by atoms with Crippen LogP contribution >= 0.6 is 16.1 Å². The summed E-state index contributed by atoms with van der Waals surface area (Å²) in [6, 6.07) is 0. The number of rotatable bonds is 6. The Balaban J connectivity index is -0.000000256. The summed E-state index contributed by atoms with van der Waals surface area (Å²) in [5.41, 5.74) is 0. The van der Waals surface area contributed by atoms with Gasteiger partial charge in [0, 0.05) is 0 Å². The Morgan fingerprint density at radius 1 is 0.737 bits per heavy atom. The summed E-state index contributed by atoms with van der Waals surface area (Å²) in [6.45, 7) is 11.1. The van der Waals surface area contributed by atoms with Crippen molar-refractivity contribution in [1.82, 2.24) is 0 Å². The minimum absolute atomic E-state index is 0. The van der Waals surface area contributed by atoms with Gasteiger partial charge in [0.25, 0.3) is 0 Å². The fourth-order valence-electron chi connectivity index (χ4n) is 1.02. The zero-order valence-electron chi connectivity index (χ0n) is 13.1. The molecule has 0 rings (SSSR count). The van der Waals surface area contributed by atoms with E-state index in [1.807, 2.05) is 27.7 Å². The molecule has 0 bridgehead atoms. The third-order valence-corrected chi connectivity index (χ3v) is 6.96. The van der Waals surface area contributed by atoms with E-state index in [1.165, 1.54) is 0 Å². The molecule has 0 fully saturated rings. The van der Waals surface area contributed by atoms with Crippen molar-refractivity contribution in [1.29, 1.82) is 0 Å². The van der Waals surface area contributed by atoms with Gasteiger partial charge in [0.05, 0.1) is 0 Å². The van der Waals surface area contributed by atoms with E-state index >= 15 is 0 Å². The van der Waals surface area contributed by atoms with Gasteiger partial charge >= 0.3 is 35.5 Å². The van der Waals surface area contributed by atoms with E-state index in [2.05, 4.69) is 0 Å². The molecule has 7 heteroatoms. The van der Waals surface area contributed by atoms with Gasteiger partial charge in [-0.05, 0) is 39.5 Å². The molecule has 0 saturated carbocycles.